The second kappa shape index (κ2) is 25.5. The first kappa shape index (κ1) is 43.3. The van der Waals surface area contributed by atoms with Gasteiger partial charge in [-0.1, -0.05) is 63.2 Å². The molecule has 0 aromatic heterocycles. The van der Waals surface area contributed by atoms with Gasteiger partial charge in [0.25, 0.3) is 8.25 Å². The number of primary amides is 1. The summed E-state index contributed by atoms with van der Waals surface area (Å²) < 4.78 is 8.48. The topological polar surface area (TPSA) is 281 Å². The number of nitrogens with two attached hydrogens (primary N) is 3. The highest BCUT2D eigenvalue weighted by Gasteiger charge is 2.29. The van der Waals surface area contributed by atoms with Crippen molar-refractivity contribution >= 4 is 31.9 Å². The van der Waals surface area contributed by atoms with Gasteiger partial charge in [0.1, 0.15) is 17.8 Å². The van der Waals surface area contributed by atoms with Crippen molar-refractivity contribution in [2.75, 3.05) is 6.54 Å². The van der Waals surface area contributed by atoms with Crippen molar-refractivity contribution in [1.82, 2.24) is 16.0 Å². The molecule has 0 spiro atoms. The third-order valence-electron chi connectivity index (χ3n) is 6.23. The lowest BCUT2D eigenvalue weighted by atomic mass is 9.97. The van der Waals surface area contributed by atoms with E-state index in [-0.39, 0.29) is 48.1 Å². The molecule has 0 aliphatic carbocycles. The number of unbranched alkanes of at least 4 members (excludes halogenated alkanes) is 4. The average molecular weight is 616 g/mol. The molecule has 0 saturated heterocycles. The number of carbonyl (C=O) groups is 4. The fraction of sp³-hybridized carbons (Fsp3) is 0.630. The minimum absolute atomic E-state index is 0. The van der Waals surface area contributed by atoms with E-state index < -0.39 is 26.2 Å². The van der Waals surface area contributed by atoms with Crippen molar-refractivity contribution in [3.05, 3.63) is 42.1 Å². The van der Waals surface area contributed by atoms with E-state index in [1.54, 1.807) is 12.1 Å². The molecule has 15 heteroatoms. The molecule has 10 N–H and O–H groups in total. The molecule has 242 valence electrons. The molecule has 3 atom stereocenters. The Morgan fingerprint density at radius 3 is 2.00 bits per heavy atom. The summed E-state index contributed by atoms with van der Waals surface area (Å²) in [7, 11) is -3.37. The van der Waals surface area contributed by atoms with Crippen molar-refractivity contribution in [3.8, 4) is 5.75 Å². The van der Waals surface area contributed by atoms with E-state index in [9.17, 15) is 24.3 Å². The summed E-state index contributed by atoms with van der Waals surface area (Å²) in [5, 5.41) is 18.1. The van der Waals surface area contributed by atoms with Gasteiger partial charge in [0.05, 0.1) is 0 Å². The summed E-state index contributed by atoms with van der Waals surface area (Å²) in [6.45, 7) is 6.34. The quantitative estimate of drug-likeness (QED) is 0.120. The van der Waals surface area contributed by atoms with E-state index in [2.05, 4.69) is 22.9 Å². The minimum atomic E-state index is -3.37. The number of aromatic hydroxyl groups is 1. The van der Waals surface area contributed by atoms with Crippen LogP contribution in [0.1, 0.15) is 84.1 Å². The van der Waals surface area contributed by atoms with Crippen LogP contribution in [0, 0.1) is 5.92 Å². The van der Waals surface area contributed by atoms with Crippen molar-refractivity contribution < 1.29 is 38.6 Å². The molecule has 0 aliphatic heterocycles. The molecule has 1 aromatic carbocycles. The van der Waals surface area contributed by atoms with Crippen LogP contribution in [-0.4, -0.2) is 47.4 Å². The predicted molar refractivity (Wildman–Crippen MR) is 158 cm³/mol. The van der Waals surface area contributed by atoms with Gasteiger partial charge in [-0.2, -0.15) is 0 Å². The molecule has 4 amide bonds. The Morgan fingerprint density at radius 1 is 0.905 bits per heavy atom. The van der Waals surface area contributed by atoms with Crippen LogP contribution < -0.4 is 31.5 Å². The third kappa shape index (κ3) is 21.6. The van der Waals surface area contributed by atoms with Gasteiger partial charge in [-0.25, -0.2) is 0 Å². The number of nitrogens with one attached hydrogen (secondary N) is 3. The van der Waals surface area contributed by atoms with E-state index in [0.717, 1.165) is 31.2 Å². The standard InChI is InChI=1S/C27H44N4O5.2H2N.HO3P/c1-4-6-8-12-24(34)30-22(18-20-13-15-21(32)16-14-20)26(35)31-25(19(3)5-2)27(36)29-17-10-7-9-11-23(28)33;;;1-4(2)3/h13-16,19,22,25,32H,4-12,17-18H2,1-3H3,(H2,28,33)(H,29,36)(H,30,34)(H,31,35);2*1H2;(H,1,2,3)/q;2*-1;/p-1/t19-,22-,25-;;;/m0.../s1. The van der Waals surface area contributed by atoms with Gasteiger partial charge in [-0.05, 0) is 42.9 Å². The monoisotopic (exact) mass is 615 g/mol. The van der Waals surface area contributed by atoms with E-state index in [1.165, 1.54) is 12.1 Å². The number of benzene rings is 1. The predicted octanol–water partition coefficient (Wildman–Crippen LogP) is 2.49. The Balaban J connectivity index is -0.00000237. The number of carbonyl (C=O) groups excluding carboxylic acids is 4. The summed E-state index contributed by atoms with van der Waals surface area (Å²) >= 11 is 0. The summed E-state index contributed by atoms with van der Waals surface area (Å²) in [6, 6.07) is 4.88. The first-order valence-electron chi connectivity index (χ1n) is 13.7. The number of hydrogen-bond donors (Lipinski definition) is 5. The summed E-state index contributed by atoms with van der Waals surface area (Å²) in [5.41, 5.74) is 5.92. The van der Waals surface area contributed by atoms with Crippen molar-refractivity contribution in [2.45, 2.75) is 97.1 Å². The van der Waals surface area contributed by atoms with Crippen LogP contribution in [0.3, 0.4) is 0 Å². The third-order valence-corrected chi connectivity index (χ3v) is 6.23. The van der Waals surface area contributed by atoms with E-state index in [4.69, 9.17) is 20.1 Å². The van der Waals surface area contributed by atoms with E-state index >= 15 is 0 Å². The molecule has 42 heavy (non-hydrogen) atoms. The van der Waals surface area contributed by atoms with Crippen LogP contribution >= 0.6 is 8.25 Å². The smallest absolute Gasteiger partial charge is 0.276 e. The van der Waals surface area contributed by atoms with Crippen LogP contribution in [0.4, 0.5) is 0 Å². The van der Waals surface area contributed by atoms with Gasteiger partial charge in [-0.3, -0.25) is 19.2 Å². The number of phenols is 1. The maximum absolute atomic E-state index is 13.3. The average Bonchev–Trinajstić information content (AvgIpc) is 2.89. The largest absolute Gasteiger partial charge is 0.693 e. The molecule has 1 aromatic rings. The molecule has 0 bridgehead atoms. The molecule has 0 aliphatic rings. The van der Waals surface area contributed by atoms with Gasteiger partial charge in [0.2, 0.25) is 23.6 Å². The van der Waals surface area contributed by atoms with Crippen LogP contribution in [0.15, 0.2) is 24.3 Å². The highest BCUT2D eigenvalue weighted by atomic mass is 31.1. The second-order valence-corrected chi connectivity index (χ2v) is 10.1. The van der Waals surface area contributed by atoms with Gasteiger partial charge in [0.15, 0.2) is 0 Å². The summed E-state index contributed by atoms with van der Waals surface area (Å²) in [4.78, 5) is 66.5. The van der Waals surface area contributed by atoms with Crippen LogP contribution in [-0.2, 0) is 30.2 Å². The zero-order valence-corrected chi connectivity index (χ0v) is 25.7. The van der Waals surface area contributed by atoms with Gasteiger partial charge >= 0.3 is 0 Å². The maximum atomic E-state index is 13.3. The number of phenolic OH excluding ortho intramolecular Hbond substituents is 1. The molecule has 14 nitrogen and oxygen atoms in total. The number of hydrogen-bond acceptors (Lipinski definition) is 8. The molecule has 1 rings (SSSR count). The summed E-state index contributed by atoms with van der Waals surface area (Å²) in [5.74, 6) is -1.23. The van der Waals surface area contributed by atoms with Gasteiger partial charge < -0.3 is 48.9 Å². The number of rotatable bonds is 18. The zero-order valence-electron chi connectivity index (χ0n) is 24.8. The molecule has 0 fully saturated rings. The van der Waals surface area contributed by atoms with Crippen LogP contribution in [0.25, 0.3) is 12.3 Å². The van der Waals surface area contributed by atoms with Crippen molar-refractivity contribution in [3.63, 3.8) is 0 Å². The van der Waals surface area contributed by atoms with E-state index in [0.29, 0.717) is 38.6 Å². The number of amides is 4. The molecule has 0 heterocycles. The zero-order chi connectivity index (χ0) is 30.5. The first-order valence-corrected chi connectivity index (χ1v) is 14.8. The normalized spacial score (nSPS) is 12.0. The minimum Gasteiger partial charge on any atom is -0.693 e. The SMILES string of the molecule is CCCCCC(=O)N[C@@H](Cc1ccc(O)cc1)C(=O)N[C@H](C(=O)NCCCCCC(N)=O)[C@@H](C)CC.O=[P+]([O-])[O-].[NH2-].[NH2-]. The van der Waals surface area contributed by atoms with Crippen LogP contribution in [0.5, 0.6) is 5.75 Å². The molecular formula is C27H48N6O8P-3. The Hall–Kier alpha value is -3.16. The Bertz CT molecular complexity index is 932. The Morgan fingerprint density at radius 2 is 1.48 bits per heavy atom. The van der Waals surface area contributed by atoms with Gasteiger partial charge in [-0.15, -0.1) is 0 Å². The van der Waals surface area contributed by atoms with E-state index in [1.807, 2.05) is 13.8 Å². The fourth-order valence-electron chi connectivity index (χ4n) is 3.76. The molecule has 0 unspecified atom stereocenters. The van der Waals surface area contributed by atoms with Crippen molar-refractivity contribution in [2.24, 2.45) is 11.7 Å². The Kier molecular flexibility index (Phi) is 26.3. The highest BCUT2D eigenvalue weighted by Crippen LogP contribution is 2.13. The van der Waals surface area contributed by atoms with Crippen molar-refractivity contribution in [1.29, 1.82) is 0 Å². The van der Waals surface area contributed by atoms with Crippen LogP contribution in [0.2, 0.25) is 0 Å². The van der Waals surface area contributed by atoms with Gasteiger partial charge in [0, 0.05) is 25.8 Å². The fourth-order valence-corrected chi connectivity index (χ4v) is 3.76. The summed E-state index contributed by atoms with van der Waals surface area (Å²) in [6.07, 6.45) is 6.39. The lowest BCUT2D eigenvalue weighted by Crippen LogP contribution is -2.56. The second-order valence-electron chi connectivity index (χ2n) is 9.61. The molecule has 0 saturated carbocycles. The lowest BCUT2D eigenvalue weighted by Gasteiger charge is -2.26. The lowest BCUT2D eigenvalue weighted by molar-refractivity contribution is -0.297. The maximum Gasteiger partial charge on any atom is 0.276 e. The molecule has 0 radical (unpaired) electrons. The first-order chi connectivity index (χ1) is 18.9. The molecular weight excluding hydrogens is 567 g/mol. The Labute approximate surface area is 249 Å². The highest BCUT2D eigenvalue weighted by molar-refractivity contribution is 7.27.